The fourth-order valence-corrected chi connectivity index (χ4v) is 3.68. The number of aromatic nitrogens is 1. The van der Waals surface area contributed by atoms with Gasteiger partial charge >= 0.3 is 0 Å². The van der Waals surface area contributed by atoms with Crippen molar-refractivity contribution >= 4 is 28.2 Å². The second-order valence-corrected chi connectivity index (χ2v) is 7.34. The van der Waals surface area contributed by atoms with Crippen LogP contribution in [0.15, 0.2) is 47.3 Å². The summed E-state index contributed by atoms with van der Waals surface area (Å²) in [5, 5.41) is 4.67. The Balaban J connectivity index is 1.63. The number of H-pyrrole nitrogens is 1. The highest BCUT2D eigenvalue weighted by Crippen LogP contribution is 2.33. The predicted octanol–water partition coefficient (Wildman–Crippen LogP) is 3.16. The van der Waals surface area contributed by atoms with Crippen molar-refractivity contribution < 1.29 is 14.2 Å². The van der Waals surface area contributed by atoms with E-state index in [0.717, 1.165) is 33.7 Å². The molecule has 0 saturated carbocycles. The molecular weight excluding hydrogens is 402 g/mol. The highest BCUT2D eigenvalue weighted by molar-refractivity contribution is 7.80. The first-order chi connectivity index (χ1) is 14.6. The van der Waals surface area contributed by atoms with Crippen molar-refractivity contribution in [1.29, 1.82) is 0 Å². The van der Waals surface area contributed by atoms with E-state index >= 15 is 0 Å². The highest BCUT2D eigenvalue weighted by Gasteiger charge is 2.17. The quantitative estimate of drug-likeness (QED) is 0.588. The van der Waals surface area contributed by atoms with Gasteiger partial charge in [0.2, 0.25) is 6.79 Å². The second kappa shape index (κ2) is 8.62. The third kappa shape index (κ3) is 4.18. The van der Waals surface area contributed by atoms with Crippen LogP contribution in [0.3, 0.4) is 0 Å². The van der Waals surface area contributed by atoms with E-state index in [2.05, 4.69) is 10.3 Å². The Labute approximate surface area is 179 Å². The molecule has 2 aromatic carbocycles. The first-order valence-corrected chi connectivity index (χ1v) is 10.1. The van der Waals surface area contributed by atoms with E-state index in [1.54, 1.807) is 7.11 Å². The van der Waals surface area contributed by atoms with Gasteiger partial charge in [-0.25, -0.2) is 0 Å². The number of nitrogens with one attached hydrogen (secondary N) is 2. The van der Waals surface area contributed by atoms with E-state index in [-0.39, 0.29) is 12.4 Å². The Morgan fingerprint density at radius 1 is 1.17 bits per heavy atom. The molecule has 1 aliphatic rings. The molecule has 0 fully saturated rings. The van der Waals surface area contributed by atoms with E-state index in [4.69, 9.17) is 26.4 Å². The number of hydrogen-bond acceptors (Lipinski definition) is 5. The number of aromatic amines is 1. The van der Waals surface area contributed by atoms with Crippen LogP contribution in [0.2, 0.25) is 0 Å². The molecule has 1 aromatic heterocycles. The van der Waals surface area contributed by atoms with E-state index in [0.29, 0.717) is 30.3 Å². The number of pyridine rings is 1. The average Bonchev–Trinajstić information content (AvgIpc) is 3.21. The second-order valence-electron chi connectivity index (χ2n) is 6.96. The SMILES string of the molecule is CCNC(=S)N(Cc1ccc2c(c1)OCO2)Cc1cc2cc(OC)ccc2[nH]c1=O. The van der Waals surface area contributed by atoms with Crippen LogP contribution in [0.1, 0.15) is 18.1 Å². The molecule has 4 rings (SSSR count). The van der Waals surface area contributed by atoms with E-state index in [9.17, 15) is 4.79 Å². The third-order valence-electron chi connectivity index (χ3n) is 4.92. The van der Waals surface area contributed by atoms with Crippen molar-refractivity contribution in [2.24, 2.45) is 0 Å². The molecule has 0 radical (unpaired) electrons. The third-order valence-corrected chi connectivity index (χ3v) is 5.32. The normalized spacial score (nSPS) is 12.1. The van der Waals surface area contributed by atoms with E-state index in [1.807, 2.05) is 54.3 Å². The fraction of sp³-hybridized carbons (Fsp3) is 0.273. The summed E-state index contributed by atoms with van der Waals surface area (Å²) >= 11 is 5.58. The van der Waals surface area contributed by atoms with Crippen LogP contribution >= 0.6 is 12.2 Å². The van der Waals surface area contributed by atoms with E-state index in [1.165, 1.54) is 0 Å². The average molecular weight is 426 g/mol. The number of ether oxygens (including phenoxy) is 3. The summed E-state index contributed by atoms with van der Waals surface area (Å²) < 4.78 is 16.2. The molecule has 0 saturated heterocycles. The van der Waals surface area contributed by atoms with Gasteiger partial charge in [-0.05, 0) is 61.1 Å². The maximum Gasteiger partial charge on any atom is 0.253 e. The fourth-order valence-electron chi connectivity index (χ4n) is 3.40. The molecule has 2 heterocycles. The smallest absolute Gasteiger partial charge is 0.253 e. The van der Waals surface area contributed by atoms with Crippen molar-refractivity contribution in [1.82, 2.24) is 15.2 Å². The number of nitrogens with zero attached hydrogens (tertiary/aromatic N) is 1. The summed E-state index contributed by atoms with van der Waals surface area (Å²) in [4.78, 5) is 17.6. The first-order valence-electron chi connectivity index (χ1n) is 9.68. The van der Waals surface area contributed by atoms with Crippen LogP contribution in [-0.4, -0.2) is 35.4 Å². The zero-order valence-corrected chi connectivity index (χ0v) is 17.7. The number of thiocarbonyl (C=S) groups is 1. The number of methoxy groups -OCH3 is 1. The van der Waals surface area contributed by atoms with Gasteiger partial charge in [0.1, 0.15) is 5.75 Å². The molecule has 0 aliphatic carbocycles. The summed E-state index contributed by atoms with van der Waals surface area (Å²) in [6.07, 6.45) is 0. The van der Waals surface area contributed by atoms with Gasteiger partial charge in [0.15, 0.2) is 16.6 Å². The van der Waals surface area contributed by atoms with Gasteiger partial charge in [-0.3, -0.25) is 4.79 Å². The topological polar surface area (TPSA) is 75.8 Å². The van der Waals surface area contributed by atoms with Gasteiger partial charge in [-0.1, -0.05) is 6.07 Å². The zero-order chi connectivity index (χ0) is 21.1. The lowest BCUT2D eigenvalue weighted by molar-refractivity contribution is 0.174. The Morgan fingerprint density at radius 2 is 2.00 bits per heavy atom. The van der Waals surface area contributed by atoms with E-state index < -0.39 is 0 Å². The molecule has 0 amide bonds. The lowest BCUT2D eigenvalue weighted by Gasteiger charge is -2.26. The Bertz CT molecular complexity index is 1140. The molecule has 0 spiro atoms. The standard InChI is InChI=1S/C22H23N3O4S/c1-3-23-22(30)25(11-14-4-7-19-20(8-14)29-13-28-19)12-16-9-15-10-17(27-2)5-6-18(15)24-21(16)26/h4-10H,3,11-13H2,1-2H3,(H,23,30)(H,24,26). The van der Waals surface area contributed by atoms with Gasteiger partial charge in [0.05, 0.1) is 13.7 Å². The molecule has 2 N–H and O–H groups in total. The van der Waals surface area contributed by atoms with Crippen LogP contribution in [0.25, 0.3) is 10.9 Å². The number of fused-ring (bicyclic) bond motifs is 2. The lowest BCUT2D eigenvalue weighted by atomic mass is 10.1. The molecular formula is C22H23N3O4S. The Morgan fingerprint density at radius 3 is 2.80 bits per heavy atom. The molecule has 0 bridgehead atoms. The number of hydrogen-bond donors (Lipinski definition) is 2. The monoisotopic (exact) mass is 425 g/mol. The lowest BCUT2D eigenvalue weighted by Crippen LogP contribution is -2.39. The summed E-state index contributed by atoms with van der Waals surface area (Å²) in [7, 11) is 1.62. The molecule has 156 valence electrons. The zero-order valence-electron chi connectivity index (χ0n) is 16.9. The van der Waals surface area contributed by atoms with Crippen molar-refractivity contribution in [2.75, 3.05) is 20.4 Å². The van der Waals surface area contributed by atoms with Crippen molar-refractivity contribution in [3.05, 3.63) is 63.9 Å². The molecule has 8 heteroatoms. The van der Waals surface area contributed by atoms with Crippen molar-refractivity contribution in [3.8, 4) is 17.2 Å². The van der Waals surface area contributed by atoms with Crippen LogP contribution in [0, 0.1) is 0 Å². The molecule has 0 atom stereocenters. The van der Waals surface area contributed by atoms with Gasteiger partial charge in [0, 0.05) is 29.6 Å². The van der Waals surface area contributed by atoms with Crippen LogP contribution in [-0.2, 0) is 13.1 Å². The van der Waals surface area contributed by atoms with Crippen LogP contribution < -0.4 is 25.1 Å². The molecule has 0 unspecified atom stereocenters. The molecule has 30 heavy (non-hydrogen) atoms. The highest BCUT2D eigenvalue weighted by atomic mass is 32.1. The van der Waals surface area contributed by atoms with Crippen LogP contribution in [0.4, 0.5) is 0 Å². The molecule has 3 aromatic rings. The maximum atomic E-state index is 12.7. The van der Waals surface area contributed by atoms with Crippen molar-refractivity contribution in [3.63, 3.8) is 0 Å². The van der Waals surface area contributed by atoms with Gasteiger partial charge in [-0.15, -0.1) is 0 Å². The number of benzene rings is 2. The minimum absolute atomic E-state index is 0.136. The minimum Gasteiger partial charge on any atom is -0.497 e. The Kier molecular flexibility index (Phi) is 5.76. The van der Waals surface area contributed by atoms with Crippen molar-refractivity contribution in [2.45, 2.75) is 20.0 Å². The minimum atomic E-state index is -0.136. The van der Waals surface area contributed by atoms with Gasteiger partial charge in [0.25, 0.3) is 5.56 Å². The summed E-state index contributed by atoms with van der Waals surface area (Å²) in [6.45, 7) is 3.80. The van der Waals surface area contributed by atoms with Gasteiger partial charge in [-0.2, -0.15) is 0 Å². The first kappa shape index (κ1) is 20.0. The maximum absolute atomic E-state index is 12.7. The van der Waals surface area contributed by atoms with Crippen LogP contribution in [0.5, 0.6) is 17.2 Å². The molecule has 1 aliphatic heterocycles. The summed E-state index contributed by atoms with van der Waals surface area (Å²) in [5.74, 6) is 2.19. The molecule has 7 nitrogen and oxygen atoms in total. The predicted molar refractivity (Wildman–Crippen MR) is 119 cm³/mol. The van der Waals surface area contributed by atoms with Gasteiger partial charge < -0.3 is 29.4 Å². The Hall–Kier alpha value is -3.26. The number of rotatable bonds is 6. The summed E-state index contributed by atoms with van der Waals surface area (Å²) in [6, 6.07) is 13.3. The largest absolute Gasteiger partial charge is 0.497 e. The summed E-state index contributed by atoms with van der Waals surface area (Å²) in [5.41, 5.74) is 2.26.